The van der Waals surface area contributed by atoms with Gasteiger partial charge in [0.05, 0.1) is 4.88 Å². The number of carbonyl (C=O) groups excluding carboxylic acids is 1. The third-order valence-electron chi connectivity index (χ3n) is 1.83. The van der Waals surface area contributed by atoms with E-state index >= 15 is 0 Å². The molecule has 0 aliphatic rings. The Bertz CT molecular complexity index is 467. The highest BCUT2D eigenvalue weighted by molar-refractivity contribution is 14.1. The van der Waals surface area contributed by atoms with Crippen LogP contribution in [0.25, 0.3) is 0 Å². The molecular formula is C11H8INOS. The molecule has 1 amide bonds. The fraction of sp³-hybridized carbons (Fsp3) is 0. The van der Waals surface area contributed by atoms with E-state index in [1.807, 2.05) is 41.8 Å². The fourth-order valence-corrected chi connectivity index (χ4v) is 2.33. The van der Waals surface area contributed by atoms with Gasteiger partial charge in [0.15, 0.2) is 0 Å². The number of benzene rings is 1. The van der Waals surface area contributed by atoms with Crippen molar-refractivity contribution >= 4 is 45.5 Å². The van der Waals surface area contributed by atoms with Crippen LogP contribution in [0.15, 0.2) is 41.8 Å². The second-order valence-electron chi connectivity index (χ2n) is 2.94. The molecule has 4 heteroatoms. The predicted octanol–water partition coefficient (Wildman–Crippen LogP) is 3.61. The van der Waals surface area contributed by atoms with E-state index in [4.69, 9.17) is 0 Å². The minimum atomic E-state index is -0.0491. The van der Waals surface area contributed by atoms with Crippen molar-refractivity contribution in [3.63, 3.8) is 0 Å². The van der Waals surface area contributed by atoms with Gasteiger partial charge in [-0.15, -0.1) is 11.3 Å². The summed E-state index contributed by atoms with van der Waals surface area (Å²) >= 11 is 3.66. The van der Waals surface area contributed by atoms with Crippen LogP contribution in [0.4, 0.5) is 5.69 Å². The number of thiophene rings is 1. The number of carbonyl (C=O) groups is 1. The smallest absolute Gasteiger partial charge is 0.265 e. The second-order valence-corrected chi connectivity index (χ2v) is 5.14. The monoisotopic (exact) mass is 329 g/mol. The van der Waals surface area contributed by atoms with Crippen molar-refractivity contribution < 1.29 is 4.79 Å². The van der Waals surface area contributed by atoms with Gasteiger partial charge in [-0.25, -0.2) is 0 Å². The van der Waals surface area contributed by atoms with Crippen LogP contribution in [-0.2, 0) is 0 Å². The van der Waals surface area contributed by atoms with E-state index in [0.29, 0.717) is 0 Å². The Kier molecular flexibility index (Phi) is 3.37. The third-order valence-corrected chi connectivity index (χ3v) is 3.37. The summed E-state index contributed by atoms with van der Waals surface area (Å²) < 4.78 is 1.11. The van der Waals surface area contributed by atoms with Crippen molar-refractivity contribution in [2.24, 2.45) is 0 Å². The first-order valence-electron chi connectivity index (χ1n) is 4.36. The van der Waals surface area contributed by atoms with Crippen molar-refractivity contribution in [2.75, 3.05) is 5.32 Å². The summed E-state index contributed by atoms with van der Waals surface area (Å²) in [5.74, 6) is -0.0491. The van der Waals surface area contributed by atoms with Gasteiger partial charge in [0.25, 0.3) is 5.91 Å². The van der Waals surface area contributed by atoms with E-state index in [2.05, 4.69) is 27.9 Å². The van der Waals surface area contributed by atoms with E-state index in [9.17, 15) is 4.79 Å². The van der Waals surface area contributed by atoms with Crippen LogP contribution in [0.5, 0.6) is 0 Å². The van der Waals surface area contributed by atoms with Crippen LogP contribution >= 0.6 is 33.9 Å². The van der Waals surface area contributed by atoms with Crippen molar-refractivity contribution in [3.05, 3.63) is 50.2 Å². The largest absolute Gasteiger partial charge is 0.321 e. The molecular weight excluding hydrogens is 321 g/mol. The van der Waals surface area contributed by atoms with Gasteiger partial charge in [-0.2, -0.15) is 0 Å². The van der Waals surface area contributed by atoms with Crippen molar-refractivity contribution in [3.8, 4) is 0 Å². The molecule has 0 fully saturated rings. The van der Waals surface area contributed by atoms with Gasteiger partial charge in [-0.1, -0.05) is 12.1 Å². The number of rotatable bonds is 2. The molecule has 0 spiro atoms. The molecule has 1 N–H and O–H groups in total. The van der Waals surface area contributed by atoms with Gasteiger partial charge in [-0.3, -0.25) is 4.79 Å². The molecule has 76 valence electrons. The fourth-order valence-electron chi connectivity index (χ4n) is 1.17. The molecule has 2 aromatic rings. The van der Waals surface area contributed by atoms with E-state index < -0.39 is 0 Å². The summed E-state index contributed by atoms with van der Waals surface area (Å²) in [6.45, 7) is 0. The molecule has 1 heterocycles. The number of hydrogen-bond donors (Lipinski definition) is 1. The van der Waals surface area contributed by atoms with Gasteiger partial charge in [0, 0.05) is 9.26 Å². The molecule has 0 aliphatic heterocycles. The van der Waals surface area contributed by atoms with Crippen molar-refractivity contribution in [1.82, 2.24) is 0 Å². The summed E-state index contributed by atoms with van der Waals surface area (Å²) in [7, 11) is 0. The highest BCUT2D eigenvalue weighted by Crippen LogP contribution is 2.15. The van der Waals surface area contributed by atoms with E-state index in [-0.39, 0.29) is 5.91 Å². The highest BCUT2D eigenvalue weighted by atomic mass is 127. The summed E-state index contributed by atoms with van der Waals surface area (Å²) in [6, 6.07) is 11.4. The Morgan fingerprint density at radius 1 is 1.27 bits per heavy atom. The van der Waals surface area contributed by atoms with Crippen LogP contribution in [0.3, 0.4) is 0 Å². The zero-order valence-electron chi connectivity index (χ0n) is 7.74. The standard InChI is InChI=1S/C11H8INOS/c12-8-3-1-4-9(7-8)13-11(14)10-5-2-6-15-10/h1-7H,(H,13,14). The Balaban J connectivity index is 2.13. The van der Waals surface area contributed by atoms with Gasteiger partial charge < -0.3 is 5.32 Å². The zero-order valence-corrected chi connectivity index (χ0v) is 10.7. The van der Waals surface area contributed by atoms with Gasteiger partial charge >= 0.3 is 0 Å². The second kappa shape index (κ2) is 4.76. The molecule has 0 unspecified atom stereocenters. The van der Waals surface area contributed by atoms with Gasteiger partial charge in [0.2, 0.25) is 0 Å². The number of hydrogen-bond acceptors (Lipinski definition) is 2. The normalized spacial score (nSPS) is 9.93. The average Bonchev–Trinajstić information content (AvgIpc) is 2.70. The molecule has 15 heavy (non-hydrogen) atoms. The minimum absolute atomic E-state index is 0.0491. The summed E-state index contributed by atoms with van der Waals surface area (Å²) in [6.07, 6.45) is 0. The van der Waals surface area contributed by atoms with E-state index in [1.165, 1.54) is 11.3 Å². The van der Waals surface area contributed by atoms with E-state index in [1.54, 1.807) is 0 Å². The molecule has 0 atom stereocenters. The molecule has 2 nitrogen and oxygen atoms in total. The first-order valence-corrected chi connectivity index (χ1v) is 6.32. The minimum Gasteiger partial charge on any atom is -0.321 e. The van der Waals surface area contributed by atoms with Crippen molar-refractivity contribution in [2.45, 2.75) is 0 Å². The predicted molar refractivity (Wildman–Crippen MR) is 71.4 cm³/mol. The van der Waals surface area contributed by atoms with Gasteiger partial charge in [-0.05, 0) is 52.2 Å². The topological polar surface area (TPSA) is 29.1 Å². The first kappa shape index (κ1) is 10.6. The Labute approximate surface area is 105 Å². The first-order chi connectivity index (χ1) is 7.25. The van der Waals surface area contributed by atoms with Crippen molar-refractivity contribution in [1.29, 1.82) is 0 Å². The maximum atomic E-state index is 11.7. The molecule has 1 aromatic carbocycles. The molecule has 2 rings (SSSR count). The maximum Gasteiger partial charge on any atom is 0.265 e. The lowest BCUT2D eigenvalue weighted by Crippen LogP contribution is -2.09. The Morgan fingerprint density at radius 2 is 2.13 bits per heavy atom. The van der Waals surface area contributed by atoms with Crippen LogP contribution in [-0.4, -0.2) is 5.91 Å². The number of anilines is 1. The lowest BCUT2D eigenvalue weighted by atomic mass is 10.3. The summed E-state index contributed by atoms with van der Waals surface area (Å²) in [5, 5.41) is 4.74. The lowest BCUT2D eigenvalue weighted by Gasteiger charge is -2.03. The average molecular weight is 329 g/mol. The number of halogens is 1. The number of nitrogens with one attached hydrogen (secondary N) is 1. The SMILES string of the molecule is O=C(Nc1cccc(I)c1)c1cccs1. The molecule has 1 aromatic heterocycles. The van der Waals surface area contributed by atoms with Crippen LogP contribution in [0.1, 0.15) is 9.67 Å². The molecule has 0 radical (unpaired) electrons. The van der Waals surface area contributed by atoms with Crippen LogP contribution in [0.2, 0.25) is 0 Å². The van der Waals surface area contributed by atoms with Crippen LogP contribution in [0, 0.1) is 3.57 Å². The van der Waals surface area contributed by atoms with E-state index in [0.717, 1.165) is 14.1 Å². The quantitative estimate of drug-likeness (QED) is 0.838. The highest BCUT2D eigenvalue weighted by Gasteiger charge is 2.06. The molecule has 0 aliphatic carbocycles. The third kappa shape index (κ3) is 2.79. The molecule has 0 saturated carbocycles. The zero-order chi connectivity index (χ0) is 10.7. The molecule has 0 bridgehead atoms. The Hall–Kier alpha value is -0.880. The van der Waals surface area contributed by atoms with Gasteiger partial charge in [0.1, 0.15) is 0 Å². The lowest BCUT2D eigenvalue weighted by molar-refractivity contribution is 0.103. The Morgan fingerprint density at radius 3 is 2.80 bits per heavy atom. The number of amides is 1. The maximum absolute atomic E-state index is 11.7. The summed E-state index contributed by atoms with van der Waals surface area (Å²) in [4.78, 5) is 12.4. The van der Waals surface area contributed by atoms with Crippen LogP contribution < -0.4 is 5.32 Å². The molecule has 0 saturated heterocycles. The summed E-state index contributed by atoms with van der Waals surface area (Å²) in [5.41, 5.74) is 0.834.